The van der Waals surface area contributed by atoms with Crippen LogP contribution in [0.5, 0.6) is 0 Å². The molecule has 22 heavy (non-hydrogen) atoms. The van der Waals surface area contributed by atoms with Crippen molar-refractivity contribution in [2.24, 2.45) is 5.92 Å². The molecule has 1 aromatic carbocycles. The summed E-state index contributed by atoms with van der Waals surface area (Å²) < 4.78 is 11.1. The third-order valence-electron chi connectivity index (χ3n) is 4.64. The van der Waals surface area contributed by atoms with Crippen LogP contribution in [-0.2, 0) is 19.1 Å². The van der Waals surface area contributed by atoms with Gasteiger partial charge in [0.15, 0.2) is 5.72 Å². The molecule has 1 amide bonds. The van der Waals surface area contributed by atoms with Crippen molar-refractivity contribution in [3.8, 4) is 0 Å². The van der Waals surface area contributed by atoms with Crippen LogP contribution in [0.3, 0.4) is 0 Å². The molecule has 0 spiro atoms. The van der Waals surface area contributed by atoms with Crippen LogP contribution in [0.1, 0.15) is 38.3 Å². The summed E-state index contributed by atoms with van der Waals surface area (Å²) in [7, 11) is 0. The Bertz CT molecular complexity index is 573. The Hall–Kier alpha value is -1.88. The molecule has 0 radical (unpaired) electrons. The second-order valence-corrected chi connectivity index (χ2v) is 5.90. The normalized spacial score (nSPS) is 31.0. The Balaban J connectivity index is 1.93. The Labute approximate surface area is 130 Å². The standard InChI is InChI=1S/C17H21NO4/c1-3-21-16(20)13-9-10-15(19)18-14(11-22-17(13,18)2)12-7-5-4-6-8-12/h4-8,13-14H,3,9-11H2,1-2H3/t13-,14-,17-/m1/s1. The highest BCUT2D eigenvalue weighted by Crippen LogP contribution is 2.46. The number of carbonyl (C=O) groups excluding carboxylic acids is 2. The Kier molecular flexibility index (Phi) is 3.91. The van der Waals surface area contributed by atoms with Crippen LogP contribution >= 0.6 is 0 Å². The molecule has 0 aliphatic carbocycles. The van der Waals surface area contributed by atoms with Crippen LogP contribution in [-0.4, -0.2) is 35.7 Å². The highest BCUT2D eigenvalue weighted by molar-refractivity contribution is 5.83. The fourth-order valence-corrected chi connectivity index (χ4v) is 3.55. The first kappa shape index (κ1) is 15.0. The number of piperidine rings is 1. The summed E-state index contributed by atoms with van der Waals surface area (Å²) in [4.78, 5) is 26.5. The number of rotatable bonds is 3. The minimum absolute atomic E-state index is 0.0365. The van der Waals surface area contributed by atoms with Crippen LogP contribution in [0.15, 0.2) is 30.3 Å². The lowest BCUT2D eigenvalue weighted by molar-refractivity contribution is -0.186. The Morgan fingerprint density at radius 2 is 2.14 bits per heavy atom. The predicted molar refractivity (Wildman–Crippen MR) is 79.7 cm³/mol. The maximum atomic E-state index is 12.5. The average Bonchev–Trinajstić information content (AvgIpc) is 2.87. The minimum atomic E-state index is -0.915. The van der Waals surface area contributed by atoms with Crippen molar-refractivity contribution >= 4 is 11.9 Å². The Morgan fingerprint density at radius 1 is 1.41 bits per heavy atom. The molecule has 0 unspecified atom stereocenters. The first-order valence-electron chi connectivity index (χ1n) is 7.75. The summed E-state index contributed by atoms with van der Waals surface area (Å²) in [6, 6.07) is 9.67. The molecule has 2 heterocycles. The number of esters is 1. The molecule has 0 bridgehead atoms. The number of fused-ring (bicyclic) bond motifs is 1. The molecule has 0 aromatic heterocycles. The zero-order valence-corrected chi connectivity index (χ0v) is 13.0. The number of hydrogen-bond acceptors (Lipinski definition) is 4. The minimum Gasteiger partial charge on any atom is -0.466 e. The molecule has 1 aromatic rings. The lowest BCUT2D eigenvalue weighted by atomic mass is 9.85. The molecule has 5 heteroatoms. The van der Waals surface area contributed by atoms with E-state index in [1.54, 1.807) is 11.8 Å². The maximum absolute atomic E-state index is 12.5. The van der Waals surface area contributed by atoms with E-state index in [0.29, 0.717) is 26.1 Å². The smallest absolute Gasteiger partial charge is 0.313 e. The third-order valence-corrected chi connectivity index (χ3v) is 4.64. The van der Waals surface area contributed by atoms with E-state index < -0.39 is 11.6 Å². The van der Waals surface area contributed by atoms with E-state index in [2.05, 4.69) is 0 Å². The molecule has 5 nitrogen and oxygen atoms in total. The zero-order chi connectivity index (χ0) is 15.7. The average molecular weight is 303 g/mol. The lowest BCUT2D eigenvalue weighted by Gasteiger charge is -2.44. The maximum Gasteiger partial charge on any atom is 0.313 e. The van der Waals surface area contributed by atoms with Crippen molar-refractivity contribution < 1.29 is 19.1 Å². The molecule has 2 fully saturated rings. The van der Waals surface area contributed by atoms with Crippen LogP contribution in [0, 0.1) is 5.92 Å². The number of nitrogens with zero attached hydrogens (tertiary/aromatic N) is 1. The highest BCUT2D eigenvalue weighted by atomic mass is 16.6. The largest absolute Gasteiger partial charge is 0.466 e. The van der Waals surface area contributed by atoms with Gasteiger partial charge in [0.05, 0.1) is 19.3 Å². The number of benzene rings is 1. The van der Waals surface area contributed by atoms with Gasteiger partial charge in [0.1, 0.15) is 5.92 Å². The lowest BCUT2D eigenvalue weighted by Crippen LogP contribution is -2.57. The first-order chi connectivity index (χ1) is 10.6. The van der Waals surface area contributed by atoms with Crippen LogP contribution in [0.2, 0.25) is 0 Å². The first-order valence-corrected chi connectivity index (χ1v) is 7.75. The van der Waals surface area contributed by atoms with Crippen molar-refractivity contribution in [3.63, 3.8) is 0 Å². The number of ether oxygens (including phenoxy) is 2. The van der Waals surface area contributed by atoms with E-state index in [-0.39, 0.29) is 17.9 Å². The summed E-state index contributed by atoms with van der Waals surface area (Å²) >= 11 is 0. The molecule has 0 N–H and O–H groups in total. The van der Waals surface area contributed by atoms with Crippen molar-refractivity contribution in [1.29, 1.82) is 0 Å². The fourth-order valence-electron chi connectivity index (χ4n) is 3.55. The molecule has 3 rings (SSSR count). The molecule has 0 saturated carbocycles. The van der Waals surface area contributed by atoms with Gasteiger partial charge in [-0.1, -0.05) is 30.3 Å². The molecule has 2 aliphatic heterocycles. The van der Waals surface area contributed by atoms with Gasteiger partial charge in [-0.25, -0.2) is 0 Å². The third kappa shape index (κ3) is 2.29. The van der Waals surface area contributed by atoms with Crippen molar-refractivity contribution in [2.75, 3.05) is 13.2 Å². The predicted octanol–water partition coefficient (Wildman–Crippen LogP) is 2.28. The van der Waals surface area contributed by atoms with Crippen LogP contribution in [0.4, 0.5) is 0 Å². The van der Waals surface area contributed by atoms with Crippen LogP contribution < -0.4 is 0 Å². The van der Waals surface area contributed by atoms with Gasteiger partial charge < -0.3 is 14.4 Å². The van der Waals surface area contributed by atoms with Gasteiger partial charge in [0.2, 0.25) is 5.91 Å². The molecular formula is C17H21NO4. The van der Waals surface area contributed by atoms with Gasteiger partial charge in [0, 0.05) is 6.42 Å². The van der Waals surface area contributed by atoms with Gasteiger partial charge in [0.25, 0.3) is 0 Å². The summed E-state index contributed by atoms with van der Waals surface area (Å²) in [5.41, 5.74) is 0.117. The van der Waals surface area contributed by atoms with E-state index >= 15 is 0 Å². The monoisotopic (exact) mass is 303 g/mol. The number of hydrogen-bond donors (Lipinski definition) is 0. The summed E-state index contributed by atoms with van der Waals surface area (Å²) in [5.74, 6) is -0.676. The quantitative estimate of drug-likeness (QED) is 0.804. The molecule has 118 valence electrons. The molecule has 2 aliphatic rings. The van der Waals surface area contributed by atoms with Crippen LogP contribution in [0.25, 0.3) is 0 Å². The Morgan fingerprint density at radius 3 is 2.82 bits per heavy atom. The van der Waals surface area contributed by atoms with E-state index in [4.69, 9.17) is 9.47 Å². The topological polar surface area (TPSA) is 55.8 Å². The van der Waals surface area contributed by atoms with Crippen molar-refractivity contribution in [1.82, 2.24) is 4.90 Å². The summed E-state index contributed by atoms with van der Waals surface area (Å²) in [5, 5.41) is 0. The van der Waals surface area contributed by atoms with Gasteiger partial charge in [-0.3, -0.25) is 9.59 Å². The van der Waals surface area contributed by atoms with E-state index in [1.165, 1.54) is 0 Å². The van der Waals surface area contributed by atoms with Gasteiger partial charge in [-0.05, 0) is 25.8 Å². The second kappa shape index (κ2) is 5.72. The van der Waals surface area contributed by atoms with Crippen molar-refractivity contribution in [3.05, 3.63) is 35.9 Å². The number of carbonyl (C=O) groups is 2. The van der Waals surface area contributed by atoms with Gasteiger partial charge in [-0.15, -0.1) is 0 Å². The fraction of sp³-hybridized carbons (Fsp3) is 0.529. The summed E-state index contributed by atoms with van der Waals surface area (Å²) in [6.45, 7) is 4.35. The molecular weight excluding hydrogens is 282 g/mol. The van der Waals surface area contributed by atoms with E-state index in [9.17, 15) is 9.59 Å². The van der Waals surface area contributed by atoms with E-state index in [1.807, 2.05) is 37.3 Å². The SMILES string of the molecule is CCOC(=O)[C@H]1CCC(=O)N2[C@@H](c3ccccc3)CO[C@]12C. The second-order valence-electron chi connectivity index (χ2n) is 5.90. The number of amides is 1. The van der Waals surface area contributed by atoms with Gasteiger partial charge >= 0.3 is 5.97 Å². The van der Waals surface area contributed by atoms with E-state index in [0.717, 1.165) is 5.56 Å². The molecule has 3 atom stereocenters. The zero-order valence-electron chi connectivity index (χ0n) is 13.0. The van der Waals surface area contributed by atoms with Gasteiger partial charge in [-0.2, -0.15) is 0 Å². The molecule has 2 saturated heterocycles. The van der Waals surface area contributed by atoms with Crippen molar-refractivity contribution in [2.45, 2.75) is 38.5 Å². The highest BCUT2D eigenvalue weighted by Gasteiger charge is 2.57. The summed E-state index contributed by atoms with van der Waals surface area (Å²) in [6.07, 6.45) is 0.831.